The number of rotatable bonds is 7. The summed E-state index contributed by atoms with van der Waals surface area (Å²) in [4.78, 5) is 2.55. The Balaban J connectivity index is 0.00000148. The molecule has 11 aromatic carbocycles. The lowest BCUT2D eigenvalue weighted by molar-refractivity contribution is 0.794. The fourth-order valence-corrected chi connectivity index (χ4v) is 13.8. The van der Waals surface area contributed by atoms with Crippen molar-refractivity contribution >= 4 is 83.6 Å². The number of aromatic nitrogens is 2. The average molecular weight is 1030 g/mol. The predicted molar refractivity (Wildman–Crippen MR) is 345 cm³/mol. The number of hydrogen-bond acceptors (Lipinski definition) is 1. The van der Waals surface area contributed by atoms with E-state index in [1.807, 2.05) is 27.7 Å². The van der Waals surface area contributed by atoms with Gasteiger partial charge in [0.1, 0.15) is 0 Å². The molecule has 80 heavy (non-hydrogen) atoms. The Morgan fingerprint density at radius 1 is 0.350 bits per heavy atom. The molecular weight excluding hydrogens is 967 g/mol. The molecule has 2 heterocycles. The van der Waals surface area contributed by atoms with Crippen molar-refractivity contribution < 1.29 is 0 Å². The fourth-order valence-electron chi connectivity index (χ4n) is 13.8. The van der Waals surface area contributed by atoms with Gasteiger partial charge in [-0.1, -0.05) is 204 Å². The molecule has 13 aromatic rings. The molecule has 3 nitrogen and oxygen atoms in total. The zero-order chi connectivity index (χ0) is 54.8. The van der Waals surface area contributed by atoms with Gasteiger partial charge in [0, 0.05) is 49.9 Å². The first-order chi connectivity index (χ1) is 39.5. The Kier molecular flexibility index (Phi) is 12.6. The highest BCUT2D eigenvalue weighted by molar-refractivity contribution is 6.14. The minimum atomic E-state index is -0.490. The molecule has 0 saturated heterocycles. The molecule has 15 rings (SSSR count). The van der Waals surface area contributed by atoms with Crippen LogP contribution >= 0.6 is 0 Å². The van der Waals surface area contributed by atoms with Crippen LogP contribution in [0, 0.1) is 13.8 Å². The lowest BCUT2D eigenvalue weighted by Crippen LogP contribution is -2.26. The SMILES string of the molecule is C/C=C\c1c(C)c(C)c(/C=C\C)c2cc(-n3c4ccccc4c4ccc(N(c5ccc6c(c5)c5ccccc5n6-c5ccccc5)c5cccc6c5-c5ccccc5C65c6ccccc6-c6ccccc65)cc43)ccc12.CC.CC. The summed E-state index contributed by atoms with van der Waals surface area (Å²) in [5, 5.41) is 7.38. The van der Waals surface area contributed by atoms with Crippen molar-refractivity contribution in [1.29, 1.82) is 0 Å². The smallest absolute Gasteiger partial charge is 0.0726 e. The van der Waals surface area contributed by atoms with Crippen LogP contribution in [0.2, 0.25) is 0 Å². The third-order valence-corrected chi connectivity index (χ3v) is 17.0. The molecule has 0 fully saturated rings. The van der Waals surface area contributed by atoms with E-state index in [1.165, 1.54) is 116 Å². The van der Waals surface area contributed by atoms with Gasteiger partial charge < -0.3 is 14.0 Å². The minimum Gasteiger partial charge on any atom is -0.310 e. The van der Waals surface area contributed by atoms with E-state index >= 15 is 0 Å². The maximum Gasteiger partial charge on any atom is 0.0726 e. The Morgan fingerprint density at radius 2 is 0.825 bits per heavy atom. The Labute approximate surface area is 470 Å². The van der Waals surface area contributed by atoms with Crippen LogP contribution in [0.4, 0.5) is 17.1 Å². The topological polar surface area (TPSA) is 13.1 Å². The quantitative estimate of drug-likeness (QED) is 0.155. The van der Waals surface area contributed by atoms with Crippen LogP contribution in [0.15, 0.2) is 237 Å². The van der Waals surface area contributed by atoms with Crippen LogP contribution in [-0.4, -0.2) is 9.13 Å². The van der Waals surface area contributed by atoms with Crippen LogP contribution in [-0.2, 0) is 5.41 Å². The molecule has 0 bridgehead atoms. The van der Waals surface area contributed by atoms with E-state index < -0.39 is 5.41 Å². The van der Waals surface area contributed by atoms with Crippen LogP contribution < -0.4 is 4.90 Å². The van der Waals surface area contributed by atoms with Crippen molar-refractivity contribution in [2.24, 2.45) is 0 Å². The zero-order valence-electron chi connectivity index (χ0n) is 47.0. The summed E-state index contributed by atoms with van der Waals surface area (Å²) in [6.45, 7) is 16.8. The monoisotopic (exact) mass is 1030 g/mol. The lowest BCUT2D eigenvalue weighted by atomic mass is 9.70. The molecule has 0 saturated carbocycles. The highest BCUT2D eigenvalue weighted by Gasteiger charge is 2.52. The Hall–Kier alpha value is -9.44. The zero-order valence-corrected chi connectivity index (χ0v) is 47.0. The normalized spacial score (nSPS) is 12.8. The molecule has 0 aliphatic heterocycles. The van der Waals surface area contributed by atoms with Crippen molar-refractivity contribution in [3.8, 4) is 33.6 Å². The number of nitrogens with zero attached hydrogens (tertiary/aromatic N) is 3. The molecule has 0 N–H and O–H groups in total. The highest BCUT2D eigenvalue weighted by atomic mass is 15.1. The molecule has 2 aliphatic rings. The number of para-hydroxylation sites is 3. The highest BCUT2D eigenvalue weighted by Crippen LogP contribution is 2.65. The second-order valence-electron chi connectivity index (χ2n) is 20.7. The van der Waals surface area contributed by atoms with E-state index in [0.29, 0.717) is 0 Å². The first-order valence-electron chi connectivity index (χ1n) is 28.7. The first-order valence-corrected chi connectivity index (χ1v) is 28.7. The van der Waals surface area contributed by atoms with Crippen molar-refractivity contribution in [2.45, 2.75) is 60.8 Å². The fraction of sp³-hybridized carbons (Fsp3) is 0.117. The second kappa shape index (κ2) is 20.1. The average Bonchev–Trinajstić information content (AvgIpc) is 4.26. The number of benzene rings is 11. The summed E-state index contributed by atoms with van der Waals surface area (Å²) < 4.78 is 4.91. The van der Waals surface area contributed by atoms with Crippen LogP contribution in [0.25, 0.3) is 100 Å². The van der Waals surface area contributed by atoms with Crippen LogP contribution in [0.1, 0.15) is 86.1 Å². The number of anilines is 3. The van der Waals surface area contributed by atoms with Gasteiger partial charge in [-0.3, -0.25) is 0 Å². The van der Waals surface area contributed by atoms with Crippen molar-refractivity contribution in [3.05, 3.63) is 281 Å². The van der Waals surface area contributed by atoms with Gasteiger partial charge in [0.2, 0.25) is 0 Å². The summed E-state index contributed by atoms with van der Waals surface area (Å²) in [7, 11) is 0. The van der Waals surface area contributed by atoms with Gasteiger partial charge in [-0.15, -0.1) is 0 Å². The molecule has 3 heteroatoms. The molecule has 0 radical (unpaired) electrons. The largest absolute Gasteiger partial charge is 0.310 e. The molecule has 2 aliphatic carbocycles. The van der Waals surface area contributed by atoms with E-state index in [4.69, 9.17) is 0 Å². The molecule has 2 aromatic heterocycles. The summed E-state index contributed by atoms with van der Waals surface area (Å²) in [5.41, 5.74) is 25.4. The summed E-state index contributed by atoms with van der Waals surface area (Å²) >= 11 is 0. The van der Waals surface area contributed by atoms with E-state index in [0.717, 1.165) is 34.0 Å². The molecule has 0 amide bonds. The number of allylic oxidation sites excluding steroid dienone is 2. The van der Waals surface area contributed by atoms with E-state index in [2.05, 4.69) is 290 Å². The molecule has 0 atom stereocenters. The number of fused-ring (bicyclic) bond motifs is 17. The van der Waals surface area contributed by atoms with Gasteiger partial charge in [-0.2, -0.15) is 0 Å². The van der Waals surface area contributed by atoms with Gasteiger partial charge in [-0.05, 0) is 172 Å². The Bertz CT molecular complexity index is 4590. The maximum absolute atomic E-state index is 2.55. The van der Waals surface area contributed by atoms with E-state index in [1.54, 1.807) is 0 Å². The molecule has 0 unspecified atom stereocenters. The minimum absolute atomic E-state index is 0.490. The van der Waals surface area contributed by atoms with Crippen LogP contribution in [0.3, 0.4) is 0 Å². The van der Waals surface area contributed by atoms with E-state index in [-0.39, 0.29) is 0 Å². The standard InChI is InChI=1S/C73H53N3.2C2H6/c1-5-21-52-46(3)47(4)53(22-6-2)61-43-50(37-40-54(52)61)76-67-34-18-13-27-57(67)59-41-38-51(45-71(59)76)74(49-39-42-69-62(44-49)58-28-14-19-35-68(58)75(69)48-23-8-7-9-24-48)70-36-20-33-66-72(70)60-29-12-17-32-65(60)73(66)63-30-15-10-25-55(63)56-26-11-16-31-64(56)73;2*1-2/h5-45H,1-4H3;2*1-2H3/b21-5-,22-6-;;. The predicted octanol–water partition coefficient (Wildman–Crippen LogP) is 21.6. The van der Waals surface area contributed by atoms with Gasteiger partial charge in [-0.25, -0.2) is 0 Å². The Morgan fingerprint density at radius 3 is 1.48 bits per heavy atom. The number of hydrogen-bond donors (Lipinski definition) is 0. The van der Waals surface area contributed by atoms with Crippen molar-refractivity contribution in [1.82, 2.24) is 9.13 Å². The third kappa shape index (κ3) is 7.19. The van der Waals surface area contributed by atoms with Gasteiger partial charge in [0.15, 0.2) is 0 Å². The second-order valence-corrected chi connectivity index (χ2v) is 20.7. The van der Waals surface area contributed by atoms with Gasteiger partial charge in [0.05, 0.1) is 33.2 Å². The third-order valence-electron chi connectivity index (χ3n) is 17.0. The van der Waals surface area contributed by atoms with E-state index in [9.17, 15) is 0 Å². The van der Waals surface area contributed by atoms with Gasteiger partial charge >= 0.3 is 0 Å². The van der Waals surface area contributed by atoms with Crippen LogP contribution in [0.5, 0.6) is 0 Å². The summed E-state index contributed by atoms with van der Waals surface area (Å²) in [6, 6.07) is 84.4. The van der Waals surface area contributed by atoms with Gasteiger partial charge in [0.25, 0.3) is 0 Å². The maximum atomic E-state index is 2.55. The first kappa shape index (κ1) is 50.1. The molecule has 1 spiro atoms. The molecule has 388 valence electrons. The summed E-state index contributed by atoms with van der Waals surface area (Å²) in [5.74, 6) is 0. The lowest BCUT2D eigenvalue weighted by Gasteiger charge is -2.32. The molecular formula is C77H65N3. The van der Waals surface area contributed by atoms with Crippen molar-refractivity contribution in [3.63, 3.8) is 0 Å². The summed E-state index contributed by atoms with van der Waals surface area (Å²) in [6.07, 6.45) is 8.89. The van der Waals surface area contributed by atoms with Crippen molar-refractivity contribution in [2.75, 3.05) is 4.90 Å².